The quantitative estimate of drug-likeness (QED) is 0.657. The Morgan fingerprint density at radius 2 is 1.88 bits per heavy atom. The van der Waals surface area contributed by atoms with Crippen LogP contribution in [0.3, 0.4) is 0 Å². The van der Waals surface area contributed by atoms with E-state index in [1.165, 1.54) is 6.07 Å². The molecule has 2 aromatic carbocycles. The highest BCUT2D eigenvalue weighted by Gasteiger charge is 2.15. The van der Waals surface area contributed by atoms with Gasteiger partial charge < -0.3 is 19.1 Å². The summed E-state index contributed by atoms with van der Waals surface area (Å²) in [6.07, 6.45) is -0.505. The molecule has 0 bridgehead atoms. The summed E-state index contributed by atoms with van der Waals surface area (Å²) >= 11 is 0. The number of halogens is 1. The topological polar surface area (TPSA) is 79.6 Å². The van der Waals surface area contributed by atoms with E-state index in [1.807, 2.05) is 0 Å². The number of carboxylic acid groups (broad SMARTS) is 1. The molecule has 1 aromatic heterocycles. The van der Waals surface area contributed by atoms with Gasteiger partial charge in [0.05, 0.1) is 0 Å². The van der Waals surface area contributed by atoms with E-state index < -0.39 is 18.0 Å². The van der Waals surface area contributed by atoms with Crippen LogP contribution in [0, 0.1) is 19.7 Å². The summed E-state index contributed by atoms with van der Waals surface area (Å²) < 4.78 is 24.7. The van der Waals surface area contributed by atoms with Crippen LogP contribution in [0.1, 0.15) is 22.3 Å². The van der Waals surface area contributed by atoms with Gasteiger partial charge in [0.2, 0.25) is 0 Å². The summed E-state index contributed by atoms with van der Waals surface area (Å²) in [4.78, 5) is 23.0. The molecule has 0 saturated heterocycles. The largest absolute Gasteiger partial charge is 0.550 e. The Morgan fingerprint density at radius 3 is 2.58 bits per heavy atom. The van der Waals surface area contributed by atoms with Crippen molar-refractivity contribution in [2.75, 3.05) is 0 Å². The number of hydrogen-bond acceptors (Lipinski definition) is 5. The minimum atomic E-state index is -1.35. The highest BCUT2D eigenvalue weighted by atomic mass is 19.1. The first-order chi connectivity index (χ1) is 12.4. The monoisotopic (exact) mass is 355 g/mol. The Morgan fingerprint density at radius 1 is 1.15 bits per heavy atom. The summed E-state index contributed by atoms with van der Waals surface area (Å²) in [5.41, 5.74) is 1.20. The fourth-order valence-corrected chi connectivity index (χ4v) is 2.85. The molecule has 134 valence electrons. The molecule has 0 radical (unpaired) electrons. The molecule has 1 heterocycles. The summed E-state index contributed by atoms with van der Waals surface area (Å²) in [5, 5.41) is 11.5. The molecule has 0 aliphatic rings. The predicted molar refractivity (Wildman–Crippen MR) is 91.4 cm³/mol. The van der Waals surface area contributed by atoms with Gasteiger partial charge in [0.15, 0.2) is 0 Å². The number of benzene rings is 2. The lowest BCUT2D eigenvalue weighted by Gasteiger charge is -2.13. The Hall–Kier alpha value is -3.15. The van der Waals surface area contributed by atoms with Crippen molar-refractivity contribution in [3.8, 4) is 5.75 Å². The van der Waals surface area contributed by atoms with Crippen LogP contribution in [0.5, 0.6) is 5.75 Å². The number of aliphatic carboxylic acids is 1. The smallest absolute Gasteiger partial charge is 0.340 e. The minimum absolute atomic E-state index is 0.0327. The third-order valence-corrected chi connectivity index (χ3v) is 4.32. The first kappa shape index (κ1) is 17.7. The molecule has 0 fully saturated rings. The number of carboxylic acids is 1. The third-order valence-electron chi connectivity index (χ3n) is 4.32. The van der Waals surface area contributed by atoms with Crippen LogP contribution in [0.15, 0.2) is 45.6 Å². The number of aryl methyl sites for hydroxylation is 2. The number of ether oxygens (including phenoxy) is 1. The highest BCUT2D eigenvalue weighted by Crippen LogP contribution is 2.30. The van der Waals surface area contributed by atoms with Gasteiger partial charge in [0, 0.05) is 34.5 Å². The number of carbonyl (C=O) groups is 1. The van der Waals surface area contributed by atoms with Crippen molar-refractivity contribution in [2.24, 2.45) is 0 Å². The van der Waals surface area contributed by atoms with Crippen molar-refractivity contribution >= 4 is 16.9 Å². The average molecular weight is 355 g/mol. The molecule has 0 N–H and O–H groups in total. The number of fused-ring (bicyclic) bond motifs is 1. The molecule has 0 spiro atoms. The standard InChI is InChI=1S/C20H17FO5/c1-11-14-7-8-17(25-10-13-5-3-4-6-16(13)21)12(2)19(14)26-20(24)15(11)9-18(22)23/h3-8H,9-10H2,1-2H3,(H,22,23)/p-1. The van der Waals surface area contributed by atoms with Gasteiger partial charge in [0.1, 0.15) is 23.8 Å². The lowest BCUT2D eigenvalue weighted by molar-refractivity contribution is -0.304. The molecular formula is C20H16FO5-. The van der Waals surface area contributed by atoms with Gasteiger partial charge in [-0.05, 0) is 37.6 Å². The normalized spacial score (nSPS) is 10.9. The van der Waals surface area contributed by atoms with E-state index in [9.17, 15) is 19.1 Å². The zero-order valence-corrected chi connectivity index (χ0v) is 14.3. The molecule has 26 heavy (non-hydrogen) atoms. The van der Waals surface area contributed by atoms with E-state index in [4.69, 9.17) is 9.15 Å². The molecule has 0 aliphatic carbocycles. The Balaban J connectivity index is 1.99. The van der Waals surface area contributed by atoms with Crippen LogP contribution in [0.2, 0.25) is 0 Å². The molecule has 0 unspecified atom stereocenters. The number of hydrogen-bond donors (Lipinski definition) is 0. The van der Waals surface area contributed by atoms with E-state index in [0.717, 1.165) is 0 Å². The summed E-state index contributed by atoms with van der Waals surface area (Å²) in [5.74, 6) is -1.25. The maximum absolute atomic E-state index is 13.7. The number of carbonyl (C=O) groups excluding carboxylic acids is 1. The molecule has 0 atom stereocenters. The van der Waals surface area contributed by atoms with Gasteiger partial charge in [-0.1, -0.05) is 18.2 Å². The fourth-order valence-electron chi connectivity index (χ4n) is 2.85. The van der Waals surface area contributed by atoms with Crippen LogP contribution in [-0.4, -0.2) is 5.97 Å². The van der Waals surface area contributed by atoms with Gasteiger partial charge >= 0.3 is 5.63 Å². The summed E-state index contributed by atoms with van der Waals surface area (Å²) in [7, 11) is 0. The van der Waals surface area contributed by atoms with Crippen LogP contribution in [0.25, 0.3) is 11.0 Å². The molecule has 0 amide bonds. The summed E-state index contributed by atoms with van der Waals surface area (Å²) in [6.45, 7) is 3.42. The molecule has 0 saturated carbocycles. The van der Waals surface area contributed by atoms with Crippen molar-refractivity contribution < 1.29 is 23.4 Å². The SMILES string of the molecule is Cc1c(CC(=O)[O-])c(=O)oc2c(C)c(OCc3ccccc3F)ccc12. The van der Waals surface area contributed by atoms with E-state index in [2.05, 4.69) is 0 Å². The van der Waals surface area contributed by atoms with E-state index >= 15 is 0 Å². The zero-order valence-electron chi connectivity index (χ0n) is 14.3. The average Bonchev–Trinajstić information content (AvgIpc) is 2.60. The zero-order chi connectivity index (χ0) is 18.8. The molecule has 0 aliphatic heterocycles. The third kappa shape index (κ3) is 3.31. The predicted octanol–water partition coefficient (Wildman–Crippen LogP) is 2.42. The van der Waals surface area contributed by atoms with Crippen LogP contribution >= 0.6 is 0 Å². The molecule has 5 nitrogen and oxygen atoms in total. The first-order valence-electron chi connectivity index (χ1n) is 8.00. The Labute approximate surface area is 148 Å². The minimum Gasteiger partial charge on any atom is -0.550 e. The molecule has 3 rings (SSSR count). The van der Waals surface area contributed by atoms with Gasteiger partial charge in [0.25, 0.3) is 0 Å². The van der Waals surface area contributed by atoms with Gasteiger partial charge in [-0.2, -0.15) is 0 Å². The highest BCUT2D eigenvalue weighted by molar-refractivity contribution is 5.86. The maximum Gasteiger partial charge on any atom is 0.340 e. The first-order valence-corrected chi connectivity index (χ1v) is 8.00. The van der Waals surface area contributed by atoms with Crippen LogP contribution in [0.4, 0.5) is 4.39 Å². The Bertz CT molecular complexity index is 1050. The van der Waals surface area contributed by atoms with E-state index in [1.54, 1.807) is 44.2 Å². The van der Waals surface area contributed by atoms with Crippen molar-refractivity contribution in [1.29, 1.82) is 0 Å². The van der Waals surface area contributed by atoms with Crippen LogP contribution in [-0.2, 0) is 17.8 Å². The maximum atomic E-state index is 13.7. The second-order valence-electron chi connectivity index (χ2n) is 5.99. The molecular weight excluding hydrogens is 339 g/mol. The lowest BCUT2D eigenvalue weighted by Crippen LogP contribution is -2.27. The van der Waals surface area contributed by atoms with Crippen molar-refractivity contribution in [3.05, 3.63) is 74.9 Å². The van der Waals surface area contributed by atoms with E-state index in [0.29, 0.717) is 33.4 Å². The van der Waals surface area contributed by atoms with E-state index in [-0.39, 0.29) is 18.0 Å². The van der Waals surface area contributed by atoms with Crippen molar-refractivity contribution in [1.82, 2.24) is 0 Å². The van der Waals surface area contributed by atoms with Crippen molar-refractivity contribution in [3.63, 3.8) is 0 Å². The Kier molecular flexibility index (Phi) is 4.75. The second kappa shape index (κ2) is 7.00. The molecule has 6 heteroatoms. The van der Waals surface area contributed by atoms with Gasteiger partial charge in [-0.15, -0.1) is 0 Å². The summed E-state index contributed by atoms with van der Waals surface area (Å²) in [6, 6.07) is 9.68. The fraction of sp³-hybridized carbons (Fsp3) is 0.200. The van der Waals surface area contributed by atoms with Gasteiger partial charge in [-0.3, -0.25) is 0 Å². The second-order valence-corrected chi connectivity index (χ2v) is 5.99. The van der Waals surface area contributed by atoms with Crippen LogP contribution < -0.4 is 15.5 Å². The molecule has 3 aromatic rings. The van der Waals surface area contributed by atoms with Gasteiger partial charge in [-0.25, -0.2) is 9.18 Å². The van der Waals surface area contributed by atoms with Crippen molar-refractivity contribution in [2.45, 2.75) is 26.9 Å². The lowest BCUT2D eigenvalue weighted by atomic mass is 10.0. The number of rotatable bonds is 5.